The molecule has 0 saturated carbocycles. The van der Waals surface area contributed by atoms with Gasteiger partial charge in [-0.05, 0) is 49.8 Å². The Balaban J connectivity index is 1.78. The minimum Gasteiger partial charge on any atom is -0.466 e. The fourth-order valence-corrected chi connectivity index (χ4v) is 4.25. The SMILES string of the molecule is CCOC(=O)CCCNC(=O)CSc1nn(-c2ccc(Cl)cc2)c(=S)s1. The Morgan fingerprint density at radius 1 is 1.38 bits per heavy atom. The summed E-state index contributed by atoms with van der Waals surface area (Å²) in [5.74, 6) is -0.121. The number of carbonyl (C=O) groups excluding carboxylic acids is 2. The fourth-order valence-electron chi connectivity index (χ4n) is 1.94. The van der Waals surface area contributed by atoms with Crippen molar-refractivity contribution in [2.45, 2.75) is 24.1 Å². The molecule has 1 aromatic heterocycles. The first-order valence-corrected chi connectivity index (χ1v) is 10.5. The molecule has 1 N–H and O–H groups in total. The highest BCUT2D eigenvalue weighted by Crippen LogP contribution is 2.24. The lowest BCUT2D eigenvalue weighted by atomic mass is 10.3. The number of thioether (sulfide) groups is 1. The zero-order chi connectivity index (χ0) is 18.9. The van der Waals surface area contributed by atoms with Crippen molar-refractivity contribution in [3.05, 3.63) is 33.2 Å². The van der Waals surface area contributed by atoms with Crippen molar-refractivity contribution in [3.8, 4) is 5.69 Å². The van der Waals surface area contributed by atoms with Crippen LogP contribution in [0, 0.1) is 3.95 Å². The third-order valence-electron chi connectivity index (χ3n) is 3.11. The van der Waals surface area contributed by atoms with E-state index < -0.39 is 0 Å². The number of carbonyl (C=O) groups is 2. The van der Waals surface area contributed by atoms with Gasteiger partial charge in [-0.3, -0.25) is 9.59 Å². The van der Waals surface area contributed by atoms with E-state index in [0.29, 0.717) is 39.3 Å². The van der Waals surface area contributed by atoms with Crippen LogP contribution in [-0.2, 0) is 14.3 Å². The smallest absolute Gasteiger partial charge is 0.305 e. The van der Waals surface area contributed by atoms with Crippen LogP contribution in [0.1, 0.15) is 19.8 Å². The Hall–Kier alpha value is -1.42. The molecule has 0 aliphatic rings. The van der Waals surface area contributed by atoms with Gasteiger partial charge in [0.25, 0.3) is 0 Å². The molecule has 0 saturated heterocycles. The van der Waals surface area contributed by atoms with Crippen molar-refractivity contribution >= 4 is 58.8 Å². The molecule has 26 heavy (non-hydrogen) atoms. The fraction of sp³-hybridized carbons (Fsp3) is 0.375. The number of aromatic nitrogens is 2. The maximum Gasteiger partial charge on any atom is 0.305 e. The van der Waals surface area contributed by atoms with Gasteiger partial charge in [0.05, 0.1) is 18.0 Å². The van der Waals surface area contributed by atoms with Gasteiger partial charge in [0.1, 0.15) is 0 Å². The first kappa shape index (κ1) is 20.9. The zero-order valence-corrected chi connectivity index (χ0v) is 17.3. The van der Waals surface area contributed by atoms with E-state index in [1.165, 1.54) is 23.1 Å². The summed E-state index contributed by atoms with van der Waals surface area (Å²) in [6.45, 7) is 2.57. The van der Waals surface area contributed by atoms with Crippen molar-refractivity contribution in [1.29, 1.82) is 0 Å². The molecular formula is C16H18ClN3O3S3. The minimum atomic E-state index is -0.247. The third kappa shape index (κ3) is 6.71. The standard InChI is InChI=1S/C16H18ClN3O3S3/c1-2-23-14(22)4-3-9-18-13(21)10-25-15-19-20(16(24)26-15)12-7-5-11(17)6-8-12/h5-8H,2-4,9-10H2,1H3,(H,18,21). The Kier molecular flexibility index (Phi) is 8.56. The van der Waals surface area contributed by atoms with Gasteiger partial charge in [-0.15, -0.1) is 5.10 Å². The van der Waals surface area contributed by atoms with Gasteiger partial charge in [-0.25, -0.2) is 4.68 Å². The second kappa shape index (κ2) is 10.7. The van der Waals surface area contributed by atoms with E-state index in [0.717, 1.165) is 5.69 Å². The summed E-state index contributed by atoms with van der Waals surface area (Å²) in [5.41, 5.74) is 0.825. The van der Waals surface area contributed by atoms with Crippen LogP contribution in [-0.4, -0.2) is 40.6 Å². The molecule has 6 nitrogen and oxygen atoms in total. The Bertz CT molecular complexity index is 805. The van der Waals surface area contributed by atoms with Gasteiger partial charge in [0.2, 0.25) is 5.91 Å². The van der Waals surface area contributed by atoms with Crippen molar-refractivity contribution < 1.29 is 14.3 Å². The summed E-state index contributed by atoms with van der Waals surface area (Å²) in [6.07, 6.45) is 0.855. The molecule has 1 aromatic carbocycles. The molecule has 10 heteroatoms. The lowest BCUT2D eigenvalue weighted by molar-refractivity contribution is -0.143. The number of nitrogens with one attached hydrogen (secondary N) is 1. The molecular weight excluding hydrogens is 414 g/mol. The number of halogens is 1. The Morgan fingerprint density at radius 3 is 2.81 bits per heavy atom. The van der Waals surface area contributed by atoms with Crippen LogP contribution >= 0.6 is 46.9 Å². The summed E-state index contributed by atoms with van der Waals surface area (Å²) in [6, 6.07) is 7.22. The molecule has 0 spiro atoms. The number of ether oxygens (including phenoxy) is 1. The van der Waals surface area contributed by atoms with E-state index in [1.807, 2.05) is 12.1 Å². The molecule has 0 fully saturated rings. The number of rotatable bonds is 9. The van der Waals surface area contributed by atoms with Crippen LogP contribution in [0.15, 0.2) is 28.6 Å². The normalized spacial score (nSPS) is 10.5. The van der Waals surface area contributed by atoms with Crippen molar-refractivity contribution in [3.63, 3.8) is 0 Å². The maximum absolute atomic E-state index is 11.9. The molecule has 1 heterocycles. The molecule has 2 aromatic rings. The molecule has 0 unspecified atom stereocenters. The van der Waals surface area contributed by atoms with Gasteiger partial charge in [-0.2, -0.15) is 0 Å². The number of hydrogen-bond donors (Lipinski definition) is 1. The van der Waals surface area contributed by atoms with E-state index in [4.69, 9.17) is 28.6 Å². The summed E-state index contributed by atoms with van der Waals surface area (Å²) < 4.78 is 7.79. The number of esters is 1. The molecule has 0 bridgehead atoms. The van der Waals surface area contributed by atoms with Crippen LogP contribution < -0.4 is 5.32 Å². The Morgan fingerprint density at radius 2 is 2.12 bits per heavy atom. The predicted octanol–water partition coefficient (Wildman–Crippen LogP) is 3.87. The van der Waals surface area contributed by atoms with Crippen LogP contribution in [0.3, 0.4) is 0 Å². The minimum absolute atomic E-state index is 0.113. The average molecular weight is 432 g/mol. The summed E-state index contributed by atoms with van der Waals surface area (Å²) in [7, 11) is 0. The van der Waals surface area contributed by atoms with E-state index in [2.05, 4.69) is 10.4 Å². The van der Waals surface area contributed by atoms with Crippen molar-refractivity contribution in [2.24, 2.45) is 0 Å². The predicted molar refractivity (Wildman–Crippen MR) is 107 cm³/mol. The van der Waals surface area contributed by atoms with E-state index in [1.54, 1.807) is 23.7 Å². The number of hydrogen-bond acceptors (Lipinski definition) is 7. The van der Waals surface area contributed by atoms with E-state index in [-0.39, 0.29) is 17.6 Å². The maximum atomic E-state index is 11.9. The van der Waals surface area contributed by atoms with Crippen molar-refractivity contribution in [2.75, 3.05) is 18.9 Å². The van der Waals surface area contributed by atoms with Gasteiger partial charge < -0.3 is 10.1 Å². The van der Waals surface area contributed by atoms with E-state index >= 15 is 0 Å². The lowest BCUT2D eigenvalue weighted by Gasteiger charge is -2.04. The summed E-state index contributed by atoms with van der Waals surface area (Å²) in [5, 5.41) is 7.85. The quantitative estimate of drug-likeness (QED) is 0.281. The summed E-state index contributed by atoms with van der Waals surface area (Å²) >= 11 is 13.9. The highest BCUT2D eigenvalue weighted by molar-refractivity contribution is 8.01. The van der Waals surface area contributed by atoms with Gasteiger partial charge in [-0.1, -0.05) is 34.7 Å². The lowest BCUT2D eigenvalue weighted by Crippen LogP contribution is -2.26. The largest absolute Gasteiger partial charge is 0.466 e. The van der Waals surface area contributed by atoms with E-state index in [9.17, 15) is 9.59 Å². The van der Waals surface area contributed by atoms with Gasteiger partial charge >= 0.3 is 5.97 Å². The topological polar surface area (TPSA) is 73.2 Å². The number of benzene rings is 1. The van der Waals surface area contributed by atoms with Crippen LogP contribution in [0.25, 0.3) is 5.69 Å². The molecule has 0 aliphatic heterocycles. The summed E-state index contributed by atoms with van der Waals surface area (Å²) in [4.78, 5) is 23.1. The zero-order valence-electron chi connectivity index (χ0n) is 14.1. The molecule has 0 atom stereocenters. The van der Waals surface area contributed by atoms with Gasteiger partial charge in [0, 0.05) is 18.0 Å². The second-order valence-corrected chi connectivity index (χ2v) is 8.35. The van der Waals surface area contributed by atoms with Gasteiger partial charge in [0.15, 0.2) is 8.29 Å². The number of nitrogens with zero attached hydrogens (tertiary/aromatic N) is 2. The second-order valence-electron chi connectivity index (χ2n) is 5.07. The number of amides is 1. The van der Waals surface area contributed by atoms with Crippen LogP contribution in [0.5, 0.6) is 0 Å². The van der Waals surface area contributed by atoms with Crippen molar-refractivity contribution in [1.82, 2.24) is 15.1 Å². The molecule has 0 radical (unpaired) electrons. The molecule has 140 valence electrons. The molecule has 0 aliphatic carbocycles. The third-order valence-corrected chi connectivity index (χ3v) is 5.73. The highest BCUT2D eigenvalue weighted by atomic mass is 35.5. The first-order chi connectivity index (χ1) is 12.5. The first-order valence-electron chi connectivity index (χ1n) is 7.91. The molecule has 1 amide bonds. The van der Waals surface area contributed by atoms with Crippen LogP contribution in [0.4, 0.5) is 0 Å². The average Bonchev–Trinajstić information content (AvgIpc) is 2.99. The molecule has 2 rings (SSSR count). The Labute approximate surface area is 169 Å². The monoisotopic (exact) mass is 431 g/mol. The highest BCUT2D eigenvalue weighted by Gasteiger charge is 2.09. The van der Waals surface area contributed by atoms with Crippen LogP contribution in [0.2, 0.25) is 5.02 Å².